The van der Waals surface area contributed by atoms with Gasteiger partial charge in [-0.15, -0.1) is 0 Å². The minimum absolute atomic E-state index is 0.133. The third kappa shape index (κ3) is 2.54. The van der Waals surface area contributed by atoms with E-state index in [0.29, 0.717) is 28.1 Å². The molecule has 114 valence electrons. The van der Waals surface area contributed by atoms with Crippen LogP contribution in [0.4, 0.5) is 13.2 Å². The summed E-state index contributed by atoms with van der Waals surface area (Å²) in [4.78, 5) is 15.3. The average molecular weight is 306 g/mol. The van der Waals surface area contributed by atoms with E-state index in [1.165, 1.54) is 0 Å². The second-order valence-corrected chi connectivity index (χ2v) is 5.28. The quantitative estimate of drug-likeness (QED) is 0.773. The number of halogens is 3. The van der Waals surface area contributed by atoms with Gasteiger partial charge < -0.3 is 4.98 Å². The first kappa shape index (κ1) is 14.5. The number of nitrogens with zero attached hydrogens (tertiary/aromatic N) is 3. The van der Waals surface area contributed by atoms with Crippen LogP contribution < -0.4 is 0 Å². The van der Waals surface area contributed by atoms with Crippen molar-refractivity contribution < 1.29 is 13.2 Å². The van der Waals surface area contributed by atoms with Gasteiger partial charge in [-0.3, -0.25) is 0 Å². The zero-order valence-corrected chi connectivity index (χ0v) is 11.9. The van der Waals surface area contributed by atoms with Crippen molar-refractivity contribution in [2.75, 3.05) is 0 Å². The normalized spacial score (nSPS) is 12.3. The lowest BCUT2D eigenvalue weighted by Crippen LogP contribution is -2.05. The van der Waals surface area contributed by atoms with E-state index < -0.39 is 11.7 Å². The first-order valence-electron chi connectivity index (χ1n) is 6.74. The molecule has 0 saturated carbocycles. The lowest BCUT2D eigenvalue weighted by molar-refractivity contribution is -0.137. The number of hydrogen-bond donors (Lipinski definition) is 1. The average Bonchev–Trinajstić information content (AvgIpc) is 2.89. The highest BCUT2D eigenvalue weighted by Gasteiger charge is 2.31. The molecular formula is C15H13F3N4. The summed E-state index contributed by atoms with van der Waals surface area (Å²) in [7, 11) is 0. The molecule has 3 rings (SSSR count). The van der Waals surface area contributed by atoms with Crippen molar-refractivity contribution in [3.63, 3.8) is 0 Å². The lowest BCUT2D eigenvalue weighted by atomic mass is 10.1. The molecule has 0 aliphatic carbocycles. The SMILES string of the molecule is CC(C)c1nccc(-c2c[nH]c3ncc(C(F)(F)F)cc23)n1. The van der Waals surface area contributed by atoms with E-state index in [0.717, 1.165) is 12.3 Å². The van der Waals surface area contributed by atoms with Crippen molar-refractivity contribution in [3.05, 3.63) is 42.1 Å². The zero-order chi connectivity index (χ0) is 15.9. The second-order valence-electron chi connectivity index (χ2n) is 5.28. The van der Waals surface area contributed by atoms with Crippen molar-refractivity contribution in [2.24, 2.45) is 0 Å². The maximum Gasteiger partial charge on any atom is 0.417 e. The number of aromatic nitrogens is 4. The maximum atomic E-state index is 12.9. The van der Waals surface area contributed by atoms with Gasteiger partial charge in [0, 0.05) is 35.5 Å². The van der Waals surface area contributed by atoms with Gasteiger partial charge in [0.2, 0.25) is 0 Å². The number of nitrogens with one attached hydrogen (secondary N) is 1. The number of alkyl halides is 3. The summed E-state index contributed by atoms with van der Waals surface area (Å²) in [5.74, 6) is 0.779. The third-order valence-electron chi connectivity index (χ3n) is 3.32. The van der Waals surface area contributed by atoms with Crippen LogP contribution in [0, 0.1) is 0 Å². The summed E-state index contributed by atoms with van der Waals surface area (Å²) in [6, 6.07) is 2.76. The molecule has 7 heteroatoms. The minimum atomic E-state index is -4.43. The lowest BCUT2D eigenvalue weighted by Gasteiger charge is -2.07. The fourth-order valence-electron chi connectivity index (χ4n) is 2.17. The Morgan fingerprint density at radius 2 is 1.95 bits per heavy atom. The molecule has 0 aromatic carbocycles. The Hall–Kier alpha value is -2.44. The van der Waals surface area contributed by atoms with Crippen LogP contribution in [0.5, 0.6) is 0 Å². The van der Waals surface area contributed by atoms with Crippen molar-refractivity contribution in [2.45, 2.75) is 25.9 Å². The molecule has 0 spiro atoms. The molecule has 0 aliphatic rings. The molecule has 4 nitrogen and oxygen atoms in total. The highest BCUT2D eigenvalue weighted by molar-refractivity contribution is 5.92. The van der Waals surface area contributed by atoms with Crippen LogP contribution in [0.3, 0.4) is 0 Å². The summed E-state index contributed by atoms with van der Waals surface area (Å²) >= 11 is 0. The molecule has 1 N–H and O–H groups in total. The van der Waals surface area contributed by atoms with Gasteiger partial charge in [-0.1, -0.05) is 13.8 Å². The van der Waals surface area contributed by atoms with Gasteiger partial charge in [-0.25, -0.2) is 15.0 Å². The van der Waals surface area contributed by atoms with Gasteiger partial charge in [0.1, 0.15) is 11.5 Å². The molecule has 0 saturated heterocycles. The fraction of sp³-hybridized carbons (Fsp3) is 0.267. The number of fused-ring (bicyclic) bond motifs is 1. The molecule has 3 heterocycles. The Balaban J connectivity index is 2.17. The number of aromatic amines is 1. The summed E-state index contributed by atoms with van der Waals surface area (Å²) < 4.78 is 38.6. The van der Waals surface area contributed by atoms with E-state index in [4.69, 9.17) is 0 Å². The molecule has 0 unspecified atom stereocenters. The van der Waals surface area contributed by atoms with E-state index >= 15 is 0 Å². The predicted octanol–water partition coefficient (Wildman–Crippen LogP) is 4.16. The third-order valence-corrected chi connectivity index (χ3v) is 3.32. The molecular weight excluding hydrogens is 293 g/mol. The van der Waals surface area contributed by atoms with Gasteiger partial charge in [0.15, 0.2) is 0 Å². The van der Waals surface area contributed by atoms with Crippen LogP contribution in [0.15, 0.2) is 30.7 Å². The van der Waals surface area contributed by atoms with Crippen LogP contribution in [-0.2, 0) is 6.18 Å². The molecule has 22 heavy (non-hydrogen) atoms. The molecule has 0 atom stereocenters. The summed E-state index contributed by atoms with van der Waals surface area (Å²) in [5.41, 5.74) is 0.774. The van der Waals surface area contributed by atoms with Crippen LogP contribution in [0.2, 0.25) is 0 Å². The van der Waals surface area contributed by atoms with Gasteiger partial charge in [-0.05, 0) is 12.1 Å². The van der Waals surface area contributed by atoms with Gasteiger partial charge in [-0.2, -0.15) is 13.2 Å². The molecule has 0 bridgehead atoms. The summed E-state index contributed by atoms with van der Waals surface area (Å²) in [6.45, 7) is 3.91. The van der Waals surface area contributed by atoms with Gasteiger partial charge in [0.05, 0.1) is 11.3 Å². The number of pyridine rings is 1. The molecule has 3 aromatic heterocycles. The molecule has 3 aromatic rings. The zero-order valence-electron chi connectivity index (χ0n) is 11.9. The van der Waals surface area contributed by atoms with Crippen molar-refractivity contribution >= 4 is 11.0 Å². The van der Waals surface area contributed by atoms with E-state index in [-0.39, 0.29) is 5.92 Å². The number of rotatable bonds is 2. The Morgan fingerprint density at radius 1 is 1.18 bits per heavy atom. The smallest absolute Gasteiger partial charge is 0.345 e. The van der Waals surface area contributed by atoms with Crippen molar-refractivity contribution in [3.8, 4) is 11.3 Å². The van der Waals surface area contributed by atoms with Crippen molar-refractivity contribution in [1.29, 1.82) is 0 Å². The molecule has 0 fully saturated rings. The monoisotopic (exact) mass is 306 g/mol. The largest absolute Gasteiger partial charge is 0.417 e. The Labute approximate surface area is 124 Å². The maximum absolute atomic E-state index is 12.9. The highest BCUT2D eigenvalue weighted by atomic mass is 19.4. The van der Waals surface area contributed by atoms with E-state index in [9.17, 15) is 13.2 Å². The molecule has 0 aliphatic heterocycles. The topological polar surface area (TPSA) is 54.5 Å². The first-order valence-corrected chi connectivity index (χ1v) is 6.74. The van der Waals surface area contributed by atoms with Crippen molar-refractivity contribution in [1.82, 2.24) is 19.9 Å². The van der Waals surface area contributed by atoms with E-state index in [2.05, 4.69) is 19.9 Å². The number of H-pyrrole nitrogens is 1. The Kier molecular flexibility index (Phi) is 3.35. The Morgan fingerprint density at radius 3 is 2.64 bits per heavy atom. The molecule has 0 amide bonds. The summed E-state index contributed by atoms with van der Waals surface area (Å²) in [6.07, 6.45) is -0.381. The molecule has 0 radical (unpaired) electrons. The predicted molar refractivity (Wildman–Crippen MR) is 76.2 cm³/mol. The fourth-order valence-corrected chi connectivity index (χ4v) is 2.17. The second kappa shape index (κ2) is 5.08. The minimum Gasteiger partial charge on any atom is -0.345 e. The Bertz CT molecular complexity index is 821. The van der Waals surface area contributed by atoms with E-state index in [1.54, 1.807) is 18.5 Å². The summed E-state index contributed by atoms with van der Waals surface area (Å²) in [5, 5.41) is 0.392. The van der Waals surface area contributed by atoms with Crippen LogP contribution in [0.1, 0.15) is 31.2 Å². The van der Waals surface area contributed by atoms with Gasteiger partial charge >= 0.3 is 6.18 Å². The standard InChI is InChI=1S/C15H13F3N4/c1-8(2)13-19-4-3-12(22-13)11-7-21-14-10(11)5-9(6-20-14)15(16,17)18/h3-8H,1-2H3,(H,20,21). The highest BCUT2D eigenvalue weighted by Crippen LogP contribution is 2.33. The van der Waals surface area contributed by atoms with Crippen LogP contribution >= 0.6 is 0 Å². The first-order chi connectivity index (χ1) is 10.4. The van der Waals surface area contributed by atoms with Gasteiger partial charge in [0.25, 0.3) is 0 Å². The number of hydrogen-bond acceptors (Lipinski definition) is 3. The van der Waals surface area contributed by atoms with Crippen LogP contribution in [0.25, 0.3) is 22.3 Å². The van der Waals surface area contributed by atoms with Crippen LogP contribution in [-0.4, -0.2) is 19.9 Å². The van der Waals surface area contributed by atoms with E-state index in [1.807, 2.05) is 13.8 Å².